The summed E-state index contributed by atoms with van der Waals surface area (Å²) in [5.74, 6) is -0.200. The minimum Gasteiger partial charge on any atom is -0.529 e. The molecule has 6 bridgehead atoms. The average Bonchev–Trinajstić information content (AvgIpc) is 3.47. The fourth-order valence-electron chi connectivity index (χ4n) is 9.12. The van der Waals surface area contributed by atoms with Gasteiger partial charge < -0.3 is 18.9 Å². The van der Waals surface area contributed by atoms with E-state index >= 15 is 0 Å². The number of hydrogen-bond donors (Lipinski definition) is 1. The zero-order valence-electron chi connectivity index (χ0n) is 23.1. The number of benzene rings is 1. The van der Waals surface area contributed by atoms with Gasteiger partial charge in [0.15, 0.2) is 0 Å². The molecule has 0 aromatic heterocycles. The van der Waals surface area contributed by atoms with E-state index in [0.29, 0.717) is 23.5 Å². The summed E-state index contributed by atoms with van der Waals surface area (Å²) in [6.45, 7) is 7.65. The highest BCUT2D eigenvalue weighted by molar-refractivity contribution is 7.80. The van der Waals surface area contributed by atoms with Crippen molar-refractivity contribution < 1.29 is 33.2 Å². The Labute approximate surface area is 235 Å². The Morgan fingerprint density at radius 3 is 2.10 bits per heavy atom. The van der Waals surface area contributed by atoms with Crippen LogP contribution in [0.4, 0.5) is 0 Å². The van der Waals surface area contributed by atoms with Crippen LogP contribution >= 0.6 is 12.6 Å². The third-order valence-electron chi connectivity index (χ3n) is 10.5. The first-order valence-corrected chi connectivity index (χ1v) is 15.1. The molecule has 8 rings (SSSR count). The molecule has 9 heteroatoms. The second-order valence-corrected chi connectivity index (χ2v) is 14.2. The highest BCUT2D eigenvalue weighted by Gasteiger charge is 2.75. The van der Waals surface area contributed by atoms with E-state index in [1.807, 2.05) is 12.1 Å². The molecule has 1 aromatic rings. The topological polar surface area (TPSA) is 88.1 Å². The van der Waals surface area contributed by atoms with Crippen LogP contribution in [0.2, 0.25) is 0 Å². The number of carbonyl (C=O) groups is 3. The second kappa shape index (κ2) is 9.00. The van der Waals surface area contributed by atoms with Gasteiger partial charge in [-0.3, -0.25) is 14.4 Å². The van der Waals surface area contributed by atoms with E-state index in [1.54, 1.807) is 0 Å². The molecule has 7 aliphatic rings. The summed E-state index contributed by atoms with van der Waals surface area (Å²) >= 11 is 4.75. The van der Waals surface area contributed by atoms with Gasteiger partial charge in [0.05, 0.1) is 17.3 Å². The Morgan fingerprint density at radius 2 is 1.56 bits per heavy atom. The number of esters is 2. The Hall–Kier alpha value is -2.00. The number of hydrogen-bond acceptors (Lipinski definition) is 8. The largest absolute Gasteiger partial charge is 0.529 e. The first kappa shape index (κ1) is 25.9. The lowest BCUT2D eigenvalue weighted by molar-refractivity contribution is -0.178. The maximum atomic E-state index is 13.7. The number of rotatable bonds is 6. The lowest BCUT2D eigenvalue weighted by Crippen LogP contribution is -2.55. The van der Waals surface area contributed by atoms with E-state index in [1.165, 1.54) is 19.3 Å². The Kier molecular flexibility index (Phi) is 5.99. The highest BCUT2D eigenvalue weighted by atomic mass is 32.1. The summed E-state index contributed by atoms with van der Waals surface area (Å²) in [5, 5.41) is 0. The molecule has 3 heterocycles. The van der Waals surface area contributed by atoms with Crippen LogP contribution in [0.1, 0.15) is 89.2 Å². The summed E-state index contributed by atoms with van der Waals surface area (Å²) in [4.78, 5) is 41.2. The lowest BCUT2D eigenvalue weighted by Gasteiger charge is -2.55. The molecule has 1 aromatic carbocycles. The van der Waals surface area contributed by atoms with Gasteiger partial charge in [0.25, 0.3) is 5.97 Å². The maximum Gasteiger partial charge on any atom is 0.435 e. The van der Waals surface area contributed by atoms with E-state index in [4.69, 9.17) is 31.5 Å². The minimum atomic E-state index is -0.879. The molecule has 208 valence electrons. The molecule has 7 nitrogen and oxygen atoms in total. The van der Waals surface area contributed by atoms with Crippen LogP contribution in [0, 0.1) is 35.0 Å². The first-order valence-electron chi connectivity index (χ1n) is 14.7. The molecular weight excluding hydrogens is 515 g/mol. The third-order valence-corrected chi connectivity index (χ3v) is 11.0. The van der Waals surface area contributed by atoms with E-state index in [2.05, 4.69) is 27.7 Å². The van der Waals surface area contributed by atoms with E-state index in [-0.39, 0.29) is 17.8 Å². The summed E-state index contributed by atoms with van der Waals surface area (Å²) < 4.78 is 23.9. The Morgan fingerprint density at radius 1 is 1.00 bits per heavy atom. The van der Waals surface area contributed by atoms with Crippen molar-refractivity contribution in [1.29, 1.82) is 0 Å². The van der Waals surface area contributed by atoms with Gasteiger partial charge in [-0.25, -0.2) is 0 Å². The lowest BCUT2D eigenvalue weighted by atomic mass is 9.49. The fraction of sp³-hybridized carbons (Fsp3) is 0.700. The van der Waals surface area contributed by atoms with Crippen molar-refractivity contribution in [2.45, 2.75) is 101 Å². The summed E-state index contributed by atoms with van der Waals surface area (Å²) in [6, 6.07) is 2.33. The van der Waals surface area contributed by atoms with Crippen LogP contribution in [0.5, 0.6) is 5.75 Å². The van der Waals surface area contributed by atoms with Gasteiger partial charge in [-0.2, -0.15) is 0 Å². The molecule has 4 saturated carbocycles. The van der Waals surface area contributed by atoms with Crippen molar-refractivity contribution in [3.8, 4) is 5.75 Å². The predicted molar refractivity (Wildman–Crippen MR) is 145 cm³/mol. The number of fused-ring (bicyclic) bond motifs is 1. The van der Waals surface area contributed by atoms with Gasteiger partial charge in [-0.1, -0.05) is 27.7 Å². The predicted octanol–water partition coefficient (Wildman–Crippen LogP) is 4.90. The van der Waals surface area contributed by atoms with Crippen molar-refractivity contribution in [2.75, 3.05) is 0 Å². The van der Waals surface area contributed by atoms with Gasteiger partial charge in [-0.15, -0.1) is 12.6 Å². The Bertz CT molecular complexity index is 1180. The number of carbonyl (C=O) groups excluding carboxylic acids is 3. The van der Waals surface area contributed by atoms with Crippen molar-refractivity contribution in [3.63, 3.8) is 0 Å². The number of thiol groups is 1. The van der Waals surface area contributed by atoms with Crippen LogP contribution in [0.25, 0.3) is 0 Å². The molecule has 0 radical (unpaired) electrons. The molecule has 7 fully saturated rings. The molecular formula is C30H37BO7S. The van der Waals surface area contributed by atoms with Gasteiger partial charge in [0.1, 0.15) is 23.8 Å². The molecule has 5 unspecified atom stereocenters. The minimum absolute atomic E-state index is 0.193. The highest BCUT2D eigenvalue weighted by Crippen LogP contribution is 2.61. The number of ether oxygens (including phenoxy) is 3. The Balaban J connectivity index is 1.13. The monoisotopic (exact) mass is 552 g/mol. The van der Waals surface area contributed by atoms with Gasteiger partial charge in [0.2, 0.25) is 0 Å². The van der Waals surface area contributed by atoms with Crippen molar-refractivity contribution in [1.82, 2.24) is 0 Å². The summed E-state index contributed by atoms with van der Waals surface area (Å²) in [5.41, 5.74) is 1.56. The van der Waals surface area contributed by atoms with E-state index in [9.17, 15) is 14.4 Å². The molecule has 0 spiro atoms. The smallest absolute Gasteiger partial charge is 0.435 e. The summed E-state index contributed by atoms with van der Waals surface area (Å²) in [6.07, 6.45) is 5.58. The molecule has 4 aliphatic carbocycles. The van der Waals surface area contributed by atoms with Gasteiger partial charge in [0, 0.05) is 4.90 Å². The SMILES string of the molecule is CC(C)c1cc(OC(=O)C2C3OC4B(OC(=O)C42)C3OC(=O)C23CC4CC(CC(C4)C2)C3)cc(C(C)C)c1S. The summed E-state index contributed by atoms with van der Waals surface area (Å²) in [7, 11) is 0. The molecule has 39 heavy (non-hydrogen) atoms. The molecule has 3 aliphatic heterocycles. The standard InChI is InChI=1S/C30H37BO7S/c1-13(2)19-8-18(9-20(14(3)4)24(19)39)35-27(32)21-22-25-31(38-28(22)33)26(23(21)36-25)37-29(34)30-10-15-5-16(11-30)7-17(6-15)12-30/h8-9,13-17,21-23,25-26,39H,5-7,10-12H2,1-4H3. The third kappa shape index (κ3) is 3.92. The molecule has 0 N–H and O–H groups in total. The van der Waals surface area contributed by atoms with Crippen molar-refractivity contribution >= 4 is 37.5 Å². The van der Waals surface area contributed by atoms with Crippen molar-refractivity contribution in [2.24, 2.45) is 35.0 Å². The molecule has 3 saturated heterocycles. The van der Waals surface area contributed by atoms with Gasteiger partial charge in [-0.05, 0) is 91.4 Å². The average molecular weight is 552 g/mol. The van der Waals surface area contributed by atoms with E-state index in [0.717, 1.165) is 35.3 Å². The zero-order valence-corrected chi connectivity index (χ0v) is 23.9. The fourth-order valence-corrected chi connectivity index (χ4v) is 9.77. The van der Waals surface area contributed by atoms with Crippen LogP contribution in [-0.2, 0) is 28.5 Å². The van der Waals surface area contributed by atoms with Crippen LogP contribution in [0.3, 0.4) is 0 Å². The molecule has 0 amide bonds. The second-order valence-electron chi connectivity index (χ2n) is 13.8. The quantitative estimate of drug-likeness (QED) is 0.233. The maximum absolute atomic E-state index is 13.7. The van der Waals surface area contributed by atoms with E-state index < -0.39 is 54.2 Å². The normalized spacial score (nSPS) is 39.2. The van der Waals surface area contributed by atoms with Crippen LogP contribution < -0.4 is 4.74 Å². The van der Waals surface area contributed by atoms with Crippen LogP contribution in [0.15, 0.2) is 17.0 Å². The first-order chi connectivity index (χ1) is 18.5. The van der Waals surface area contributed by atoms with Crippen LogP contribution in [-0.4, -0.2) is 42.9 Å². The zero-order chi connectivity index (χ0) is 27.4. The van der Waals surface area contributed by atoms with Gasteiger partial charge >= 0.3 is 18.9 Å². The van der Waals surface area contributed by atoms with Crippen molar-refractivity contribution in [3.05, 3.63) is 23.3 Å². The molecule has 5 atom stereocenters.